The molecule has 1 saturated heterocycles. The first-order valence-corrected chi connectivity index (χ1v) is 4.33. The summed E-state index contributed by atoms with van der Waals surface area (Å²) in [6, 6.07) is 0. The summed E-state index contributed by atoms with van der Waals surface area (Å²) in [6.07, 6.45) is -0.296. The number of aliphatic carboxylic acids is 2. The van der Waals surface area contributed by atoms with Crippen molar-refractivity contribution in [1.82, 2.24) is 5.06 Å². The van der Waals surface area contributed by atoms with Crippen molar-refractivity contribution in [3.05, 3.63) is 0 Å². The van der Waals surface area contributed by atoms with E-state index in [4.69, 9.17) is 15.4 Å². The monoisotopic (exact) mass is 233 g/mol. The van der Waals surface area contributed by atoms with E-state index in [2.05, 4.69) is 0 Å². The van der Waals surface area contributed by atoms with Crippen LogP contribution in [0.2, 0.25) is 0 Å². The van der Waals surface area contributed by atoms with Gasteiger partial charge in [0.15, 0.2) is 0 Å². The number of carboxylic acid groups (broad SMARTS) is 2. The predicted octanol–water partition coefficient (Wildman–Crippen LogP) is -0.540. The molecule has 8 nitrogen and oxygen atoms in total. The van der Waals surface area contributed by atoms with Crippen molar-refractivity contribution in [2.75, 3.05) is 0 Å². The zero-order chi connectivity index (χ0) is 12.7. The molecule has 0 aromatic carbocycles. The molecule has 0 radical (unpaired) electrons. The lowest BCUT2D eigenvalue weighted by Gasteiger charge is -1.98. The Bertz CT molecular complexity index is 282. The van der Waals surface area contributed by atoms with Gasteiger partial charge >= 0.3 is 11.9 Å². The van der Waals surface area contributed by atoms with E-state index >= 15 is 0 Å². The van der Waals surface area contributed by atoms with E-state index in [0.29, 0.717) is 0 Å². The molecule has 0 aromatic rings. The second-order valence-electron chi connectivity index (χ2n) is 2.89. The second-order valence-corrected chi connectivity index (χ2v) is 2.89. The van der Waals surface area contributed by atoms with Crippen molar-refractivity contribution in [1.29, 1.82) is 0 Å². The van der Waals surface area contributed by atoms with Gasteiger partial charge in [0.25, 0.3) is 11.8 Å². The van der Waals surface area contributed by atoms with Gasteiger partial charge in [-0.05, 0) is 0 Å². The van der Waals surface area contributed by atoms with Gasteiger partial charge in [-0.3, -0.25) is 24.4 Å². The number of rotatable bonds is 3. The van der Waals surface area contributed by atoms with Crippen LogP contribution in [0.4, 0.5) is 0 Å². The molecular weight excluding hydrogens is 222 g/mol. The lowest BCUT2D eigenvalue weighted by Crippen LogP contribution is -2.24. The molecule has 0 aliphatic carbocycles. The van der Waals surface area contributed by atoms with E-state index in [1.54, 1.807) is 0 Å². The molecule has 16 heavy (non-hydrogen) atoms. The third kappa shape index (κ3) is 5.70. The van der Waals surface area contributed by atoms with Gasteiger partial charge in [-0.1, -0.05) is 0 Å². The minimum Gasteiger partial charge on any atom is -0.481 e. The number of hydrogen-bond donors (Lipinski definition) is 3. The van der Waals surface area contributed by atoms with E-state index in [-0.39, 0.29) is 30.7 Å². The van der Waals surface area contributed by atoms with Crippen molar-refractivity contribution in [2.45, 2.75) is 25.7 Å². The molecule has 1 rings (SSSR count). The topological polar surface area (TPSA) is 132 Å². The number of carboxylic acids is 2. The fourth-order valence-corrected chi connectivity index (χ4v) is 0.779. The van der Waals surface area contributed by atoms with Crippen molar-refractivity contribution in [3.8, 4) is 0 Å². The minimum absolute atomic E-state index is 0.148. The molecule has 0 saturated carbocycles. The van der Waals surface area contributed by atoms with E-state index in [9.17, 15) is 19.2 Å². The Balaban J connectivity index is 0.000000281. The highest BCUT2D eigenvalue weighted by molar-refractivity contribution is 6.00. The van der Waals surface area contributed by atoms with Crippen LogP contribution in [0.1, 0.15) is 25.7 Å². The smallest absolute Gasteiger partial charge is 0.303 e. The first-order chi connectivity index (χ1) is 7.34. The van der Waals surface area contributed by atoms with Gasteiger partial charge in [-0.25, -0.2) is 0 Å². The molecule has 1 fully saturated rings. The number of nitrogens with zero attached hydrogens (tertiary/aromatic N) is 1. The largest absolute Gasteiger partial charge is 0.481 e. The Morgan fingerprint density at radius 1 is 1.00 bits per heavy atom. The summed E-state index contributed by atoms with van der Waals surface area (Å²) < 4.78 is 0. The van der Waals surface area contributed by atoms with Crippen LogP contribution in [0, 0.1) is 0 Å². The molecule has 1 aliphatic heterocycles. The zero-order valence-electron chi connectivity index (χ0n) is 8.25. The molecule has 2 amide bonds. The average Bonchev–Trinajstić information content (AvgIpc) is 2.47. The van der Waals surface area contributed by atoms with Gasteiger partial charge in [0.05, 0.1) is 12.8 Å². The van der Waals surface area contributed by atoms with Crippen LogP contribution >= 0.6 is 0 Å². The Hall–Kier alpha value is -1.96. The minimum atomic E-state index is -1.08. The summed E-state index contributed by atoms with van der Waals surface area (Å²) in [5, 5.41) is 24.4. The third-order valence-corrected chi connectivity index (χ3v) is 1.58. The first-order valence-electron chi connectivity index (χ1n) is 4.33. The van der Waals surface area contributed by atoms with Gasteiger partial charge < -0.3 is 10.2 Å². The van der Waals surface area contributed by atoms with E-state index in [0.717, 1.165) is 0 Å². The highest BCUT2D eigenvalue weighted by Gasteiger charge is 2.26. The number of amides is 2. The fraction of sp³-hybridized carbons (Fsp3) is 0.500. The summed E-state index contributed by atoms with van der Waals surface area (Å²) >= 11 is 0. The molecule has 1 heterocycles. The number of hydroxylamine groups is 2. The Labute approximate surface area is 90.0 Å². The number of imide groups is 1. The maximum absolute atomic E-state index is 10.2. The van der Waals surface area contributed by atoms with E-state index in [1.807, 2.05) is 0 Å². The number of hydrogen-bond acceptors (Lipinski definition) is 5. The Morgan fingerprint density at radius 3 is 1.44 bits per heavy atom. The van der Waals surface area contributed by atoms with Crippen molar-refractivity contribution >= 4 is 23.8 Å². The zero-order valence-corrected chi connectivity index (χ0v) is 8.25. The normalized spacial score (nSPS) is 14.4. The summed E-state index contributed by atoms with van der Waals surface area (Å²) in [6.45, 7) is 0. The molecule has 0 atom stereocenters. The van der Waals surface area contributed by atoms with Crippen LogP contribution in [0.5, 0.6) is 0 Å². The fourth-order valence-electron chi connectivity index (χ4n) is 0.779. The lowest BCUT2D eigenvalue weighted by atomic mass is 10.3. The second kappa shape index (κ2) is 6.51. The quantitative estimate of drug-likeness (QED) is 0.440. The average molecular weight is 233 g/mol. The molecule has 0 aromatic heterocycles. The Kier molecular flexibility index (Phi) is 5.71. The van der Waals surface area contributed by atoms with Crippen molar-refractivity contribution in [2.24, 2.45) is 0 Å². The Morgan fingerprint density at radius 2 is 1.31 bits per heavy atom. The van der Waals surface area contributed by atoms with E-state index < -0.39 is 23.8 Å². The molecule has 0 spiro atoms. The van der Waals surface area contributed by atoms with Gasteiger partial charge in [0.1, 0.15) is 0 Å². The number of carbonyl (C=O) groups is 4. The van der Waals surface area contributed by atoms with Crippen molar-refractivity contribution < 1.29 is 34.6 Å². The van der Waals surface area contributed by atoms with Crippen LogP contribution in [-0.2, 0) is 19.2 Å². The SMILES string of the molecule is O=C(O)CCC(=O)O.O=C1CCC(=O)N1O. The highest BCUT2D eigenvalue weighted by atomic mass is 16.5. The molecule has 1 aliphatic rings. The standard InChI is InChI=1S/C4H5NO3.C4H6O4/c6-3-1-2-4(7)5(3)8;5-3(6)1-2-4(7)8/h8H,1-2H2;1-2H2,(H,5,6)(H,7,8). The van der Waals surface area contributed by atoms with Crippen LogP contribution in [0.15, 0.2) is 0 Å². The van der Waals surface area contributed by atoms with Crippen LogP contribution in [0.25, 0.3) is 0 Å². The van der Waals surface area contributed by atoms with Gasteiger partial charge in [-0.2, -0.15) is 5.06 Å². The highest BCUT2D eigenvalue weighted by Crippen LogP contribution is 2.06. The maximum atomic E-state index is 10.2. The summed E-state index contributed by atoms with van der Waals surface area (Å²) in [5.74, 6) is -3.16. The van der Waals surface area contributed by atoms with Crippen LogP contribution in [-0.4, -0.2) is 44.2 Å². The molecular formula is C8H11NO7. The first kappa shape index (κ1) is 14.0. The van der Waals surface area contributed by atoms with Crippen LogP contribution in [0.3, 0.4) is 0 Å². The molecule has 8 heteroatoms. The third-order valence-electron chi connectivity index (χ3n) is 1.58. The molecule has 0 bridgehead atoms. The van der Waals surface area contributed by atoms with Gasteiger partial charge in [0, 0.05) is 12.8 Å². The lowest BCUT2D eigenvalue weighted by molar-refractivity contribution is -0.171. The summed E-state index contributed by atoms with van der Waals surface area (Å²) in [7, 11) is 0. The molecule has 3 N–H and O–H groups in total. The summed E-state index contributed by atoms with van der Waals surface area (Å²) in [4.78, 5) is 39.8. The van der Waals surface area contributed by atoms with Crippen LogP contribution < -0.4 is 0 Å². The van der Waals surface area contributed by atoms with Gasteiger partial charge in [0.2, 0.25) is 0 Å². The summed E-state index contributed by atoms with van der Waals surface area (Å²) in [5.41, 5.74) is 0. The maximum Gasteiger partial charge on any atom is 0.303 e. The van der Waals surface area contributed by atoms with Gasteiger partial charge in [-0.15, -0.1) is 0 Å². The van der Waals surface area contributed by atoms with E-state index in [1.165, 1.54) is 0 Å². The molecule has 0 unspecified atom stereocenters. The molecule has 90 valence electrons. The number of carbonyl (C=O) groups excluding carboxylic acids is 2. The predicted molar refractivity (Wildman–Crippen MR) is 47.4 cm³/mol. The van der Waals surface area contributed by atoms with Crippen molar-refractivity contribution in [3.63, 3.8) is 0 Å².